The molecule has 0 aliphatic heterocycles. The molecule has 0 rings (SSSR count). The van der Waals surface area contributed by atoms with E-state index < -0.39 is 0 Å². The van der Waals surface area contributed by atoms with Crippen molar-refractivity contribution in [2.75, 3.05) is 5.33 Å². The van der Waals surface area contributed by atoms with Crippen molar-refractivity contribution in [2.24, 2.45) is 0 Å². The largest absolute Gasteiger partial charge is 0.100 e. The average Bonchev–Trinajstić information content (AvgIpc) is 1.96. The highest BCUT2D eigenvalue weighted by atomic mass is 79.9. The fraction of sp³-hybridized carbons (Fsp3) is 0.800. The highest BCUT2D eigenvalue weighted by molar-refractivity contribution is 9.09. The summed E-state index contributed by atoms with van der Waals surface area (Å²) in [7, 11) is 0. The second-order valence-electron chi connectivity index (χ2n) is 3.16. The number of halogens is 1. The van der Waals surface area contributed by atoms with Gasteiger partial charge in [-0.3, -0.25) is 0 Å². The van der Waals surface area contributed by atoms with E-state index in [9.17, 15) is 0 Å². The van der Waals surface area contributed by atoms with Crippen LogP contribution in [0.5, 0.6) is 0 Å². The lowest BCUT2D eigenvalue weighted by atomic mass is 10.1. The summed E-state index contributed by atoms with van der Waals surface area (Å²) in [4.78, 5) is 0. The van der Waals surface area contributed by atoms with Crippen LogP contribution in [-0.2, 0) is 0 Å². The van der Waals surface area contributed by atoms with Crippen molar-refractivity contribution in [1.82, 2.24) is 0 Å². The van der Waals surface area contributed by atoms with Crippen molar-refractivity contribution >= 4 is 15.9 Å². The van der Waals surface area contributed by atoms with Crippen molar-refractivity contribution in [2.45, 2.75) is 45.4 Å². The van der Waals surface area contributed by atoms with Crippen LogP contribution in [0.3, 0.4) is 0 Å². The average molecular weight is 219 g/mol. The zero-order chi connectivity index (χ0) is 8.53. The van der Waals surface area contributed by atoms with Gasteiger partial charge in [-0.25, -0.2) is 0 Å². The van der Waals surface area contributed by atoms with E-state index in [1.54, 1.807) is 0 Å². The van der Waals surface area contributed by atoms with Gasteiger partial charge in [0.1, 0.15) is 0 Å². The molecule has 0 bridgehead atoms. The summed E-state index contributed by atoms with van der Waals surface area (Å²) in [6.45, 7) is 5.99. The van der Waals surface area contributed by atoms with Crippen molar-refractivity contribution < 1.29 is 0 Å². The maximum absolute atomic E-state index is 3.88. The Morgan fingerprint density at radius 3 is 2.18 bits per heavy atom. The van der Waals surface area contributed by atoms with Crippen LogP contribution in [-0.4, -0.2) is 5.33 Å². The van der Waals surface area contributed by atoms with Crippen LogP contribution in [0, 0.1) is 0 Å². The van der Waals surface area contributed by atoms with Gasteiger partial charge in [0.15, 0.2) is 0 Å². The van der Waals surface area contributed by atoms with Crippen LogP contribution in [0.1, 0.15) is 45.4 Å². The summed E-state index contributed by atoms with van der Waals surface area (Å²) in [6.07, 6.45) is 8.01. The van der Waals surface area contributed by atoms with Crippen LogP contribution >= 0.6 is 15.9 Å². The van der Waals surface area contributed by atoms with Gasteiger partial charge in [0.25, 0.3) is 0 Å². The molecular formula is C10H19Br. The Morgan fingerprint density at radius 1 is 1.09 bits per heavy atom. The number of alkyl halides is 1. The summed E-state index contributed by atoms with van der Waals surface area (Å²) in [5, 5.41) is 1.16. The standard InChI is InChI=1S/C10H19Br/c1-10(2)8-6-4-3-5-7-9-11/h1,3-9H2,2H3. The van der Waals surface area contributed by atoms with E-state index in [0.29, 0.717) is 0 Å². The second kappa shape index (κ2) is 8.32. The van der Waals surface area contributed by atoms with Gasteiger partial charge in [0.05, 0.1) is 0 Å². The monoisotopic (exact) mass is 218 g/mol. The van der Waals surface area contributed by atoms with Gasteiger partial charge in [-0.05, 0) is 26.2 Å². The fourth-order valence-corrected chi connectivity index (χ4v) is 1.45. The maximum Gasteiger partial charge on any atom is 0.00313 e. The summed E-state index contributed by atoms with van der Waals surface area (Å²) < 4.78 is 0. The third-order valence-corrected chi connectivity index (χ3v) is 2.30. The molecule has 0 spiro atoms. The molecule has 0 radical (unpaired) electrons. The van der Waals surface area contributed by atoms with Crippen LogP contribution in [0.25, 0.3) is 0 Å². The fourth-order valence-electron chi connectivity index (χ4n) is 1.05. The first-order chi connectivity index (χ1) is 5.27. The van der Waals surface area contributed by atoms with Crippen molar-refractivity contribution in [1.29, 1.82) is 0 Å². The van der Waals surface area contributed by atoms with E-state index >= 15 is 0 Å². The summed E-state index contributed by atoms with van der Waals surface area (Å²) in [6, 6.07) is 0. The molecule has 0 atom stereocenters. The normalized spacial score (nSPS) is 10.0. The van der Waals surface area contributed by atoms with Crippen LogP contribution in [0.15, 0.2) is 12.2 Å². The van der Waals surface area contributed by atoms with Crippen molar-refractivity contribution in [3.63, 3.8) is 0 Å². The van der Waals surface area contributed by atoms with Crippen molar-refractivity contribution in [3.8, 4) is 0 Å². The number of hydrogen-bond donors (Lipinski definition) is 0. The maximum atomic E-state index is 3.88. The zero-order valence-corrected chi connectivity index (χ0v) is 9.12. The zero-order valence-electron chi connectivity index (χ0n) is 7.53. The summed E-state index contributed by atoms with van der Waals surface area (Å²) in [5.74, 6) is 0. The van der Waals surface area contributed by atoms with Gasteiger partial charge in [-0.15, -0.1) is 6.58 Å². The molecule has 0 aromatic rings. The minimum Gasteiger partial charge on any atom is -0.100 e. The van der Waals surface area contributed by atoms with E-state index in [4.69, 9.17) is 0 Å². The molecule has 0 amide bonds. The summed E-state index contributed by atoms with van der Waals surface area (Å²) in [5.41, 5.74) is 1.32. The molecule has 0 aromatic carbocycles. The van der Waals surface area contributed by atoms with E-state index in [-0.39, 0.29) is 0 Å². The van der Waals surface area contributed by atoms with Gasteiger partial charge >= 0.3 is 0 Å². The Kier molecular flexibility index (Phi) is 8.48. The third kappa shape index (κ3) is 10.2. The number of unbranched alkanes of at least 4 members (excludes halogenated alkanes) is 4. The molecule has 0 saturated carbocycles. The second-order valence-corrected chi connectivity index (χ2v) is 3.96. The van der Waals surface area contributed by atoms with E-state index in [0.717, 1.165) is 5.33 Å². The minimum absolute atomic E-state index is 1.16. The predicted molar refractivity (Wildman–Crippen MR) is 56.3 cm³/mol. The lowest BCUT2D eigenvalue weighted by molar-refractivity contribution is 0.634. The lowest BCUT2D eigenvalue weighted by Crippen LogP contribution is -1.80. The SMILES string of the molecule is C=C(C)CCCCCCCBr. The molecule has 0 saturated heterocycles. The Morgan fingerprint density at radius 2 is 1.64 bits per heavy atom. The molecule has 0 nitrogen and oxygen atoms in total. The number of hydrogen-bond acceptors (Lipinski definition) is 0. The molecule has 0 fully saturated rings. The Labute approximate surface area is 79.2 Å². The van der Waals surface area contributed by atoms with Crippen LogP contribution in [0.2, 0.25) is 0 Å². The number of allylic oxidation sites excluding steroid dienone is 1. The van der Waals surface area contributed by atoms with E-state index in [2.05, 4.69) is 29.4 Å². The molecule has 1 heteroatoms. The Balaban J connectivity index is 2.85. The third-order valence-electron chi connectivity index (χ3n) is 1.74. The first-order valence-electron chi connectivity index (χ1n) is 4.47. The van der Waals surface area contributed by atoms with Gasteiger partial charge in [0, 0.05) is 5.33 Å². The predicted octanol–water partition coefficient (Wildman–Crippen LogP) is 4.30. The number of rotatable bonds is 7. The molecule has 0 aromatic heterocycles. The molecular weight excluding hydrogens is 200 g/mol. The van der Waals surface area contributed by atoms with Crippen molar-refractivity contribution in [3.05, 3.63) is 12.2 Å². The van der Waals surface area contributed by atoms with Gasteiger partial charge in [-0.2, -0.15) is 0 Å². The molecule has 0 aliphatic carbocycles. The Hall–Kier alpha value is 0.220. The highest BCUT2D eigenvalue weighted by Gasteiger charge is 1.89. The van der Waals surface area contributed by atoms with E-state index in [1.807, 2.05) is 0 Å². The van der Waals surface area contributed by atoms with Gasteiger partial charge < -0.3 is 0 Å². The molecule has 0 heterocycles. The Bertz CT molecular complexity index is 97.0. The summed E-state index contributed by atoms with van der Waals surface area (Å²) >= 11 is 3.43. The molecule has 0 N–H and O–H groups in total. The van der Waals surface area contributed by atoms with Crippen LogP contribution < -0.4 is 0 Å². The molecule has 66 valence electrons. The van der Waals surface area contributed by atoms with Crippen LogP contribution in [0.4, 0.5) is 0 Å². The molecule has 0 aliphatic rings. The molecule has 0 unspecified atom stereocenters. The quantitative estimate of drug-likeness (QED) is 0.340. The highest BCUT2D eigenvalue weighted by Crippen LogP contribution is 2.09. The lowest BCUT2D eigenvalue weighted by Gasteiger charge is -1.99. The van der Waals surface area contributed by atoms with E-state index in [1.165, 1.54) is 44.1 Å². The van der Waals surface area contributed by atoms with Gasteiger partial charge in [-0.1, -0.05) is 40.8 Å². The van der Waals surface area contributed by atoms with Gasteiger partial charge in [0.2, 0.25) is 0 Å². The first kappa shape index (κ1) is 11.2. The minimum atomic E-state index is 1.16. The molecule has 11 heavy (non-hydrogen) atoms. The topological polar surface area (TPSA) is 0 Å². The smallest absolute Gasteiger partial charge is 0.00313 e. The first-order valence-corrected chi connectivity index (χ1v) is 5.60.